The molecule has 3 aromatic heterocycles. The number of imidazole rings is 1. The fourth-order valence-electron chi connectivity index (χ4n) is 3.54. The SMILES string of the molecule is Cc1cnc(-c2ccc(Nc3cc(NC(=O)C4CC4)nc4nc(C(F)F)[nH]c34)c(S(C)(=O)=O)c2)s1. The van der Waals surface area contributed by atoms with Crippen molar-refractivity contribution in [1.82, 2.24) is 19.9 Å². The molecule has 1 fully saturated rings. The van der Waals surface area contributed by atoms with E-state index in [1.165, 1.54) is 23.5 Å². The van der Waals surface area contributed by atoms with Gasteiger partial charge >= 0.3 is 0 Å². The Kier molecular flexibility index (Phi) is 5.75. The number of hydrogen-bond donors (Lipinski definition) is 3. The summed E-state index contributed by atoms with van der Waals surface area (Å²) in [4.78, 5) is 28.1. The third-order valence-electron chi connectivity index (χ3n) is 5.40. The Morgan fingerprint density at radius 3 is 2.60 bits per heavy atom. The molecule has 5 rings (SSSR count). The highest BCUT2D eigenvalue weighted by atomic mass is 32.2. The topological polar surface area (TPSA) is 130 Å². The number of halogens is 2. The van der Waals surface area contributed by atoms with E-state index in [-0.39, 0.29) is 45.1 Å². The molecule has 3 heterocycles. The van der Waals surface area contributed by atoms with Crippen LogP contribution in [0.5, 0.6) is 0 Å². The van der Waals surface area contributed by atoms with Gasteiger partial charge in [0.2, 0.25) is 5.91 Å². The third-order valence-corrected chi connectivity index (χ3v) is 7.50. The molecule has 3 N–H and O–H groups in total. The van der Waals surface area contributed by atoms with E-state index in [0.717, 1.165) is 24.0 Å². The smallest absolute Gasteiger partial charge is 0.295 e. The average Bonchev–Trinajstić information content (AvgIpc) is 3.41. The molecule has 1 aliphatic rings. The van der Waals surface area contributed by atoms with Gasteiger partial charge in [0.1, 0.15) is 16.3 Å². The number of H-pyrrole nitrogens is 1. The molecule has 0 aliphatic heterocycles. The highest BCUT2D eigenvalue weighted by Crippen LogP contribution is 2.36. The number of carbonyl (C=O) groups is 1. The minimum absolute atomic E-state index is 0.00461. The monoisotopic (exact) mass is 518 g/mol. The first kappa shape index (κ1) is 23.3. The maximum atomic E-state index is 13.3. The Hall–Kier alpha value is -3.45. The van der Waals surface area contributed by atoms with E-state index in [1.54, 1.807) is 18.3 Å². The largest absolute Gasteiger partial charge is 0.353 e. The number of aryl methyl sites for hydroxylation is 1. The van der Waals surface area contributed by atoms with Crippen molar-refractivity contribution in [3.8, 4) is 10.6 Å². The number of alkyl halides is 2. The second-order valence-electron chi connectivity index (χ2n) is 8.32. The number of rotatable bonds is 7. The van der Waals surface area contributed by atoms with Crippen molar-refractivity contribution in [2.75, 3.05) is 16.9 Å². The summed E-state index contributed by atoms with van der Waals surface area (Å²) in [7, 11) is -3.69. The van der Waals surface area contributed by atoms with E-state index in [9.17, 15) is 22.0 Å². The van der Waals surface area contributed by atoms with Crippen molar-refractivity contribution >= 4 is 55.4 Å². The average molecular weight is 519 g/mol. The number of benzene rings is 1. The molecule has 0 bridgehead atoms. The molecule has 0 unspecified atom stereocenters. The van der Waals surface area contributed by atoms with Gasteiger partial charge in [-0.3, -0.25) is 4.79 Å². The van der Waals surface area contributed by atoms with Gasteiger partial charge in [0.05, 0.1) is 16.3 Å². The summed E-state index contributed by atoms with van der Waals surface area (Å²) >= 11 is 1.43. The number of pyridine rings is 1. The molecule has 0 radical (unpaired) electrons. The quantitative estimate of drug-likeness (QED) is 0.320. The zero-order chi connectivity index (χ0) is 24.9. The number of fused-ring (bicyclic) bond motifs is 1. The summed E-state index contributed by atoms with van der Waals surface area (Å²) in [6, 6.07) is 6.28. The van der Waals surface area contributed by atoms with Gasteiger partial charge in [-0.15, -0.1) is 11.3 Å². The van der Waals surface area contributed by atoms with Crippen LogP contribution >= 0.6 is 11.3 Å². The van der Waals surface area contributed by atoms with Crippen LogP contribution in [0.25, 0.3) is 21.7 Å². The van der Waals surface area contributed by atoms with Crippen molar-refractivity contribution in [1.29, 1.82) is 0 Å². The number of nitrogens with one attached hydrogen (secondary N) is 3. The van der Waals surface area contributed by atoms with Crippen LogP contribution in [0.4, 0.5) is 26.0 Å². The first-order chi connectivity index (χ1) is 16.6. The van der Waals surface area contributed by atoms with Crippen LogP contribution in [0.2, 0.25) is 0 Å². The lowest BCUT2D eigenvalue weighted by Crippen LogP contribution is -2.14. The lowest BCUT2D eigenvalue weighted by molar-refractivity contribution is -0.117. The minimum Gasteiger partial charge on any atom is -0.353 e. The molecule has 1 amide bonds. The number of aromatic amines is 1. The van der Waals surface area contributed by atoms with Crippen LogP contribution in [0.3, 0.4) is 0 Å². The van der Waals surface area contributed by atoms with E-state index in [0.29, 0.717) is 10.6 Å². The number of aromatic nitrogens is 4. The molecule has 4 aromatic rings. The van der Waals surface area contributed by atoms with Crippen LogP contribution in [-0.4, -0.2) is 40.5 Å². The van der Waals surface area contributed by atoms with Crippen LogP contribution < -0.4 is 10.6 Å². The standard InChI is InChI=1S/C22H20F2N6O3S2/c1-10-9-25-22(34-10)12-5-6-13(15(7-12)35(2,32)33)26-14-8-16(28-21(31)11-3-4-11)27-19-17(14)29-20(30-19)18(23)24/h5-9,11,18H,3-4H2,1-2H3,(H3,26,27,28,29,30,31). The molecule has 1 aromatic carbocycles. The molecule has 0 spiro atoms. The molecule has 1 aliphatic carbocycles. The first-order valence-corrected chi connectivity index (χ1v) is 13.3. The number of nitrogens with zero attached hydrogens (tertiary/aromatic N) is 3. The third kappa shape index (κ3) is 4.86. The van der Waals surface area contributed by atoms with Crippen molar-refractivity contribution in [3.05, 3.63) is 41.2 Å². The highest BCUT2D eigenvalue weighted by molar-refractivity contribution is 7.90. The zero-order valence-electron chi connectivity index (χ0n) is 18.6. The molecule has 1 saturated carbocycles. The molecule has 13 heteroatoms. The van der Waals surface area contributed by atoms with E-state index < -0.39 is 22.1 Å². The highest BCUT2D eigenvalue weighted by Gasteiger charge is 2.30. The molecule has 182 valence electrons. The predicted molar refractivity (Wildman–Crippen MR) is 129 cm³/mol. The van der Waals surface area contributed by atoms with Crippen LogP contribution in [0.15, 0.2) is 35.4 Å². The lowest BCUT2D eigenvalue weighted by atomic mass is 10.2. The van der Waals surface area contributed by atoms with Crippen LogP contribution in [0, 0.1) is 12.8 Å². The number of hydrogen-bond acceptors (Lipinski definition) is 8. The van der Waals surface area contributed by atoms with Gasteiger partial charge in [-0.1, -0.05) is 0 Å². The molecular weight excluding hydrogens is 498 g/mol. The van der Waals surface area contributed by atoms with E-state index in [4.69, 9.17) is 0 Å². The van der Waals surface area contributed by atoms with E-state index in [2.05, 4.69) is 30.6 Å². The number of sulfone groups is 1. The molecule has 0 saturated heterocycles. The Bertz CT molecular complexity index is 1560. The number of amides is 1. The van der Waals surface area contributed by atoms with Gasteiger partial charge in [0.15, 0.2) is 21.3 Å². The predicted octanol–water partition coefficient (Wildman–Crippen LogP) is 4.82. The summed E-state index contributed by atoms with van der Waals surface area (Å²) in [5.74, 6) is -0.773. The van der Waals surface area contributed by atoms with Gasteiger partial charge in [-0.05, 0) is 38.0 Å². The Labute approximate surface area is 203 Å². The van der Waals surface area contributed by atoms with Gasteiger partial charge in [0.25, 0.3) is 6.43 Å². The summed E-state index contributed by atoms with van der Waals surface area (Å²) in [5.41, 5.74) is 1.22. The molecule has 9 nitrogen and oxygen atoms in total. The summed E-state index contributed by atoms with van der Waals surface area (Å²) in [6.07, 6.45) is 1.48. The van der Waals surface area contributed by atoms with Crippen molar-refractivity contribution in [3.63, 3.8) is 0 Å². The Morgan fingerprint density at radius 1 is 1.20 bits per heavy atom. The zero-order valence-corrected chi connectivity index (χ0v) is 20.2. The maximum absolute atomic E-state index is 13.3. The van der Waals surface area contributed by atoms with Crippen molar-refractivity contribution < 1.29 is 22.0 Å². The van der Waals surface area contributed by atoms with E-state index in [1.807, 2.05) is 6.92 Å². The summed E-state index contributed by atoms with van der Waals surface area (Å²) in [6.45, 7) is 1.90. The van der Waals surface area contributed by atoms with Crippen LogP contribution in [0.1, 0.15) is 30.0 Å². The fraction of sp³-hybridized carbons (Fsp3) is 0.273. The summed E-state index contributed by atoms with van der Waals surface area (Å²) in [5, 5.41) is 6.37. The second kappa shape index (κ2) is 8.64. The van der Waals surface area contributed by atoms with E-state index >= 15 is 0 Å². The second-order valence-corrected chi connectivity index (χ2v) is 11.5. The number of carbonyl (C=O) groups excluding carboxylic acids is 1. The Morgan fingerprint density at radius 2 is 1.97 bits per heavy atom. The van der Waals surface area contributed by atoms with Gasteiger partial charge < -0.3 is 15.6 Å². The molecule has 0 atom stereocenters. The Balaban J connectivity index is 1.59. The normalized spacial score (nSPS) is 14.0. The minimum atomic E-state index is -3.69. The number of thiazole rings is 1. The molecule has 35 heavy (non-hydrogen) atoms. The first-order valence-electron chi connectivity index (χ1n) is 10.6. The molecular formula is C22H20F2N6O3S2. The van der Waals surface area contributed by atoms with Gasteiger partial charge in [-0.2, -0.15) is 0 Å². The van der Waals surface area contributed by atoms with Crippen LogP contribution in [-0.2, 0) is 14.6 Å². The van der Waals surface area contributed by atoms with Gasteiger partial charge in [-0.25, -0.2) is 32.2 Å². The van der Waals surface area contributed by atoms with Crippen molar-refractivity contribution in [2.45, 2.75) is 31.1 Å². The van der Waals surface area contributed by atoms with Crippen molar-refractivity contribution in [2.24, 2.45) is 5.92 Å². The fourth-order valence-corrected chi connectivity index (χ4v) is 5.16. The number of anilines is 3. The van der Waals surface area contributed by atoms with Gasteiger partial charge in [0, 0.05) is 34.9 Å². The maximum Gasteiger partial charge on any atom is 0.295 e. The summed E-state index contributed by atoms with van der Waals surface area (Å²) < 4.78 is 51.9. The lowest BCUT2D eigenvalue weighted by Gasteiger charge is -2.14.